The summed E-state index contributed by atoms with van der Waals surface area (Å²) in [7, 11) is 1.66. The minimum Gasteiger partial charge on any atom is -0.389 e. The third-order valence-corrected chi connectivity index (χ3v) is 1.87. The number of pyridine rings is 1. The SMILES string of the molecule is CNCC(O)C(O)c1ccnc(F)c1. The maximum absolute atomic E-state index is 12.7. The lowest BCUT2D eigenvalue weighted by Gasteiger charge is -2.17. The van der Waals surface area contributed by atoms with Gasteiger partial charge in [-0.25, -0.2) is 4.98 Å². The molecular weight excluding hydrogens is 187 g/mol. The summed E-state index contributed by atoms with van der Waals surface area (Å²) in [5, 5.41) is 21.7. The fourth-order valence-electron chi connectivity index (χ4n) is 1.14. The lowest BCUT2D eigenvalue weighted by atomic mass is 10.1. The van der Waals surface area contributed by atoms with Crippen LogP contribution in [-0.2, 0) is 0 Å². The summed E-state index contributed by atoms with van der Waals surface area (Å²) in [6.07, 6.45) is -0.804. The van der Waals surface area contributed by atoms with E-state index in [1.54, 1.807) is 7.05 Å². The molecule has 0 fully saturated rings. The van der Waals surface area contributed by atoms with Crippen molar-refractivity contribution in [2.75, 3.05) is 13.6 Å². The Morgan fingerprint density at radius 3 is 2.86 bits per heavy atom. The van der Waals surface area contributed by atoms with Gasteiger partial charge in [-0.2, -0.15) is 4.39 Å². The summed E-state index contributed by atoms with van der Waals surface area (Å²) >= 11 is 0. The molecule has 1 rings (SSSR count). The van der Waals surface area contributed by atoms with Crippen molar-refractivity contribution in [3.05, 3.63) is 29.8 Å². The molecule has 0 spiro atoms. The first-order chi connectivity index (χ1) is 6.65. The number of aromatic nitrogens is 1. The van der Waals surface area contributed by atoms with E-state index in [9.17, 15) is 14.6 Å². The van der Waals surface area contributed by atoms with Crippen molar-refractivity contribution in [2.24, 2.45) is 0 Å². The third kappa shape index (κ3) is 2.73. The van der Waals surface area contributed by atoms with E-state index in [1.807, 2.05) is 0 Å². The van der Waals surface area contributed by atoms with E-state index < -0.39 is 18.2 Å². The van der Waals surface area contributed by atoms with Gasteiger partial charge in [-0.05, 0) is 24.7 Å². The average molecular weight is 200 g/mol. The molecule has 1 aromatic heterocycles. The third-order valence-electron chi connectivity index (χ3n) is 1.87. The number of likely N-dealkylation sites (N-methyl/N-ethyl adjacent to an activating group) is 1. The highest BCUT2D eigenvalue weighted by atomic mass is 19.1. The topological polar surface area (TPSA) is 65.4 Å². The maximum Gasteiger partial charge on any atom is 0.213 e. The monoisotopic (exact) mass is 200 g/mol. The number of halogens is 1. The van der Waals surface area contributed by atoms with E-state index in [-0.39, 0.29) is 6.54 Å². The van der Waals surface area contributed by atoms with Gasteiger partial charge in [-0.15, -0.1) is 0 Å². The van der Waals surface area contributed by atoms with Gasteiger partial charge in [0.25, 0.3) is 0 Å². The van der Waals surface area contributed by atoms with E-state index in [0.717, 1.165) is 6.07 Å². The fraction of sp³-hybridized carbons (Fsp3) is 0.444. The van der Waals surface area contributed by atoms with Gasteiger partial charge in [0.05, 0.1) is 6.10 Å². The molecule has 0 aliphatic rings. The van der Waals surface area contributed by atoms with E-state index in [4.69, 9.17) is 0 Å². The number of hydrogen-bond donors (Lipinski definition) is 3. The molecule has 2 atom stereocenters. The van der Waals surface area contributed by atoms with E-state index in [2.05, 4.69) is 10.3 Å². The summed E-state index contributed by atoms with van der Waals surface area (Å²) < 4.78 is 12.7. The first-order valence-corrected chi connectivity index (χ1v) is 4.27. The van der Waals surface area contributed by atoms with Crippen molar-refractivity contribution in [1.29, 1.82) is 0 Å². The summed E-state index contributed by atoms with van der Waals surface area (Å²) in [5.41, 5.74) is 0.320. The second-order valence-electron chi connectivity index (χ2n) is 2.98. The van der Waals surface area contributed by atoms with Crippen molar-refractivity contribution in [1.82, 2.24) is 10.3 Å². The van der Waals surface area contributed by atoms with Gasteiger partial charge in [0, 0.05) is 12.7 Å². The molecule has 1 aromatic rings. The second kappa shape index (κ2) is 4.99. The fourth-order valence-corrected chi connectivity index (χ4v) is 1.14. The van der Waals surface area contributed by atoms with Gasteiger partial charge in [0.15, 0.2) is 0 Å². The Balaban J connectivity index is 2.73. The van der Waals surface area contributed by atoms with Crippen LogP contribution < -0.4 is 5.32 Å². The second-order valence-corrected chi connectivity index (χ2v) is 2.98. The van der Waals surface area contributed by atoms with Gasteiger partial charge in [-0.1, -0.05) is 0 Å². The van der Waals surface area contributed by atoms with Crippen LogP contribution in [0.15, 0.2) is 18.3 Å². The predicted molar refractivity (Wildman–Crippen MR) is 49.1 cm³/mol. The molecule has 1 heterocycles. The summed E-state index contributed by atoms with van der Waals surface area (Å²) in [4.78, 5) is 3.35. The molecule has 0 aliphatic heterocycles. The zero-order valence-corrected chi connectivity index (χ0v) is 7.81. The molecule has 0 saturated carbocycles. The Labute approximate surface area is 81.4 Å². The number of nitrogens with zero attached hydrogens (tertiary/aromatic N) is 1. The standard InChI is InChI=1S/C9H13FN2O2/c1-11-5-7(13)9(14)6-2-3-12-8(10)4-6/h2-4,7,9,11,13-14H,5H2,1H3. The van der Waals surface area contributed by atoms with Crippen LogP contribution in [0.2, 0.25) is 0 Å². The Hall–Kier alpha value is -1.04. The number of aliphatic hydroxyl groups excluding tert-OH is 2. The summed E-state index contributed by atoms with van der Waals surface area (Å²) in [6, 6.07) is 2.57. The highest BCUT2D eigenvalue weighted by Gasteiger charge is 2.17. The molecule has 0 amide bonds. The van der Waals surface area contributed by atoms with Crippen LogP contribution in [0, 0.1) is 5.95 Å². The number of aliphatic hydroxyl groups is 2. The normalized spacial score (nSPS) is 15.1. The van der Waals surface area contributed by atoms with Gasteiger partial charge in [0.2, 0.25) is 5.95 Å². The predicted octanol–water partition coefficient (Wildman–Crippen LogP) is -0.166. The minimum absolute atomic E-state index is 0.241. The van der Waals surface area contributed by atoms with Crippen LogP contribution in [0.1, 0.15) is 11.7 Å². The largest absolute Gasteiger partial charge is 0.389 e. The maximum atomic E-state index is 12.7. The lowest BCUT2D eigenvalue weighted by molar-refractivity contribution is 0.0200. The van der Waals surface area contributed by atoms with Crippen LogP contribution in [-0.4, -0.2) is 34.9 Å². The van der Waals surface area contributed by atoms with Crippen molar-refractivity contribution < 1.29 is 14.6 Å². The van der Waals surface area contributed by atoms with Crippen molar-refractivity contribution in [2.45, 2.75) is 12.2 Å². The van der Waals surface area contributed by atoms with Crippen molar-refractivity contribution >= 4 is 0 Å². The Bertz CT molecular complexity index is 296. The molecule has 78 valence electrons. The molecule has 0 bridgehead atoms. The molecule has 14 heavy (non-hydrogen) atoms. The molecule has 0 saturated heterocycles. The molecule has 3 N–H and O–H groups in total. The molecule has 0 radical (unpaired) electrons. The smallest absolute Gasteiger partial charge is 0.213 e. The number of hydrogen-bond acceptors (Lipinski definition) is 4. The van der Waals surface area contributed by atoms with Gasteiger partial charge >= 0.3 is 0 Å². The Kier molecular flexibility index (Phi) is 3.94. The molecule has 4 nitrogen and oxygen atoms in total. The molecule has 0 aromatic carbocycles. The molecular formula is C9H13FN2O2. The zero-order chi connectivity index (χ0) is 10.6. The van der Waals surface area contributed by atoms with E-state index in [1.165, 1.54) is 12.3 Å². The first-order valence-electron chi connectivity index (χ1n) is 4.27. The quantitative estimate of drug-likeness (QED) is 0.591. The minimum atomic E-state index is -1.10. The van der Waals surface area contributed by atoms with Crippen molar-refractivity contribution in [3.8, 4) is 0 Å². The van der Waals surface area contributed by atoms with Crippen molar-refractivity contribution in [3.63, 3.8) is 0 Å². The number of nitrogens with one attached hydrogen (secondary N) is 1. The highest BCUT2D eigenvalue weighted by molar-refractivity contribution is 5.15. The summed E-state index contributed by atoms with van der Waals surface area (Å²) in [6.45, 7) is 0.241. The van der Waals surface area contributed by atoms with Crippen LogP contribution in [0.4, 0.5) is 4.39 Å². The highest BCUT2D eigenvalue weighted by Crippen LogP contribution is 2.16. The molecule has 5 heteroatoms. The molecule has 2 unspecified atom stereocenters. The number of rotatable bonds is 4. The zero-order valence-electron chi connectivity index (χ0n) is 7.81. The lowest BCUT2D eigenvalue weighted by Crippen LogP contribution is -2.29. The first kappa shape index (κ1) is 11.0. The van der Waals surface area contributed by atoms with Crippen LogP contribution in [0.3, 0.4) is 0 Å². The Morgan fingerprint density at radius 2 is 2.29 bits per heavy atom. The average Bonchev–Trinajstić information content (AvgIpc) is 2.17. The van der Waals surface area contributed by atoms with Crippen LogP contribution in [0.5, 0.6) is 0 Å². The Morgan fingerprint density at radius 1 is 1.57 bits per heavy atom. The van der Waals surface area contributed by atoms with Crippen LogP contribution in [0.25, 0.3) is 0 Å². The van der Waals surface area contributed by atoms with E-state index in [0.29, 0.717) is 5.56 Å². The van der Waals surface area contributed by atoms with E-state index >= 15 is 0 Å². The van der Waals surface area contributed by atoms with Gasteiger partial charge in [0.1, 0.15) is 6.10 Å². The van der Waals surface area contributed by atoms with Gasteiger partial charge in [-0.3, -0.25) is 0 Å². The molecule has 0 aliphatic carbocycles. The van der Waals surface area contributed by atoms with Gasteiger partial charge < -0.3 is 15.5 Å². The summed E-state index contributed by atoms with van der Waals surface area (Å²) in [5.74, 6) is -0.668. The van der Waals surface area contributed by atoms with Crippen LogP contribution >= 0.6 is 0 Å².